The van der Waals surface area contributed by atoms with E-state index in [0.29, 0.717) is 23.6 Å². The summed E-state index contributed by atoms with van der Waals surface area (Å²) >= 11 is 0. The molecular weight excluding hydrogens is 400 g/mol. The van der Waals surface area contributed by atoms with E-state index >= 15 is 0 Å². The summed E-state index contributed by atoms with van der Waals surface area (Å²) in [5.74, 6) is 0.121. The highest BCUT2D eigenvalue weighted by Crippen LogP contribution is 2.64. The third-order valence-electron chi connectivity index (χ3n) is 7.85. The Morgan fingerprint density at radius 3 is 2.81 bits per heavy atom. The number of H-pyrrole nitrogens is 2. The van der Waals surface area contributed by atoms with Crippen molar-refractivity contribution in [3.63, 3.8) is 0 Å². The van der Waals surface area contributed by atoms with Crippen molar-refractivity contribution in [3.05, 3.63) is 40.7 Å². The van der Waals surface area contributed by atoms with Gasteiger partial charge in [0.1, 0.15) is 5.65 Å². The Bertz CT molecular complexity index is 1410. The molecule has 10 nitrogen and oxygen atoms in total. The summed E-state index contributed by atoms with van der Waals surface area (Å²) < 4.78 is 7.41. The second kappa shape index (κ2) is 5.63. The second-order valence-corrected chi connectivity index (χ2v) is 9.53. The first kappa shape index (κ1) is 17.3. The Morgan fingerprint density at radius 1 is 1.26 bits per heavy atom. The van der Waals surface area contributed by atoms with Crippen molar-refractivity contribution in [2.24, 2.45) is 17.8 Å². The lowest BCUT2D eigenvalue weighted by molar-refractivity contribution is -0.0599. The number of nitrogens with zero attached hydrogens (tertiary/aromatic N) is 4. The fourth-order valence-electron chi connectivity index (χ4n) is 7.11. The van der Waals surface area contributed by atoms with Gasteiger partial charge in [-0.1, -0.05) is 0 Å². The van der Waals surface area contributed by atoms with E-state index in [1.165, 1.54) is 0 Å². The Balaban J connectivity index is 1.36. The highest BCUT2D eigenvalue weighted by Gasteiger charge is 2.59. The highest BCUT2D eigenvalue weighted by atomic mass is 16.5. The summed E-state index contributed by atoms with van der Waals surface area (Å²) in [4.78, 5) is 39.2. The second-order valence-electron chi connectivity index (χ2n) is 9.53. The van der Waals surface area contributed by atoms with E-state index in [1.54, 1.807) is 6.20 Å². The molecule has 4 aliphatic rings. The van der Waals surface area contributed by atoms with Gasteiger partial charge in [-0.25, -0.2) is 14.6 Å². The van der Waals surface area contributed by atoms with E-state index in [2.05, 4.69) is 25.1 Å². The highest BCUT2D eigenvalue weighted by molar-refractivity contribution is 6.01. The molecule has 0 aromatic carbocycles. The normalized spacial score (nSPS) is 31.7. The quantitative estimate of drug-likeness (QED) is 0.462. The molecule has 4 bridgehead atoms. The topological polar surface area (TPSA) is 143 Å². The van der Waals surface area contributed by atoms with Gasteiger partial charge in [0, 0.05) is 17.6 Å². The molecule has 4 aromatic rings. The lowest BCUT2D eigenvalue weighted by atomic mass is 9.47. The van der Waals surface area contributed by atoms with Crippen LogP contribution in [0.4, 0.5) is 0 Å². The first-order valence-electron chi connectivity index (χ1n) is 10.7. The Labute approximate surface area is 174 Å². The van der Waals surface area contributed by atoms with Crippen LogP contribution >= 0.6 is 0 Å². The number of carboxylic acids is 1. The Hall–Kier alpha value is -3.43. The molecule has 8 rings (SSSR count). The standard InChI is InChI=1S/C21H20N6O4/c28-18(29)17-25-19(31-26-17)21-5-9-3-10(6-21)14(11(4-9)7-21)27-15-12-1-2-22-16(12)23-8-13(15)24-20(27)30/h1-2,8-11,14H,3-7H2,(H,22,23)(H,24,30)(H,28,29). The summed E-state index contributed by atoms with van der Waals surface area (Å²) in [6, 6.07) is 2.06. The Kier molecular flexibility index (Phi) is 3.13. The number of hydrogen-bond acceptors (Lipinski definition) is 6. The minimum absolute atomic E-state index is 0.0910. The van der Waals surface area contributed by atoms with Crippen LogP contribution in [0, 0.1) is 17.8 Å². The molecular formula is C21H20N6O4. The van der Waals surface area contributed by atoms with Gasteiger partial charge in [0.2, 0.25) is 5.89 Å². The van der Waals surface area contributed by atoms with Crippen molar-refractivity contribution < 1.29 is 14.4 Å². The number of fused-ring (bicyclic) bond motifs is 3. The lowest BCUT2D eigenvalue weighted by Gasteiger charge is -2.58. The smallest absolute Gasteiger partial charge is 0.377 e. The largest absolute Gasteiger partial charge is 0.475 e. The van der Waals surface area contributed by atoms with Gasteiger partial charge in [0.15, 0.2) is 0 Å². The summed E-state index contributed by atoms with van der Waals surface area (Å²) in [6.45, 7) is 0. The third-order valence-corrected chi connectivity index (χ3v) is 7.85. The van der Waals surface area contributed by atoms with Crippen LogP contribution in [0.2, 0.25) is 0 Å². The fraction of sp³-hybridized carbons (Fsp3) is 0.476. The van der Waals surface area contributed by atoms with Crippen LogP contribution in [0.3, 0.4) is 0 Å². The van der Waals surface area contributed by atoms with E-state index in [4.69, 9.17) is 4.52 Å². The molecule has 2 unspecified atom stereocenters. The van der Waals surface area contributed by atoms with Crippen LogP contribution < -0.4 is 5.69 Å². The Morgan fingerprint density at radius 2 is 2.06 bits per heavy atom. The zero-order chi connectivity index (χ0) is 20.9. The predicted octanol–water partition coefficient (Wildman–Crippen LogP) is 2.61. The third kappa shape index (κ3) is 2.19. The zero-order valence-corrected chi connectivity index (χ0v) is 16.5. The van der Waals surface area contributed by atoms with Crippen molar-refractivity contribution in [1.29, 1.82) is 0 Å². The van der Waals surface area contributed by atoms with Gasteiger partial charge in [0.25, 0.3) is 5.82 Å². The van der Waals surface area contributed by atoms with Crippen molar-refractivity contribution in [2.45, 2.75) is 43.6 Å². The SMILES string of the molecule is O=C(O)c1noc(C23CC4CC(C2)C(n2c(=O)[nH]c5cnc6[nH]ccc6c52)C(C4)C3)n1. The van der Waals surface area contributed by atoms with Crippen molar-refractivity contribution in [1.82, 2.24) is 29.7 Å². The first-order chi connectivity index (χ1) is 15.0. The lowest BCUT2D eigenvalue weighted by Crippen LogP contribution is -2.54. The van der Waals surface area contributed by atoms with Gasteiger partial charge in [0.05, 0.1) is 22.6 Å². The predicted molar refractivity (Wildman–Crippen MR) is 108 cm³/mol. The van der Waals surface area contributed by atoms with Crippen LogP contribution in [-0.2, 0) is 5.41 Å². The number of aromatic nitrogens is 6. The number of rotatable bonds is 3. The van der Waals surface area contributed by atoms with Crippen LogP contribution in [-0.4, -0.2) is 40.7 Å². The number of aromatic amines is 2. The summed E-state index contributed by atoms with van der Waals surface area (Å²) in [5.41, 5.74) is 2.06. The van der Waals surface area contributed by atoms with Gasteiger partial charge in [-0.3, -0.25) is 4.57 Å². The molecule has 10 heteroatoms. The molecule has 4 heterocycles. The molecule has 31 heavy (non-hydrogen) atoms. The van der Waals surface area contributed by atoms with Gasteiger partial charge < -0.3 is 19.6 Å². The molecule has 2 atom stereocenters. The molecule has 0 aliphatic heterocycles. The number of hydrogen-bond donors (Lipinski definition) is 3. The number of pyridine rings is 1. The van der Waals surface area contributed by atoms with Crippen LogP contribution in [0.25, 0.3) is 22.1 Å². The monoisotopic (exact) mass is 420 g/mol. The maximum atomic E-state index is 13.1. The summed E-state index contributed by atoms with van der Waals surface area (Å²) in [5, 5.41) is 13.8. The molecule has 0 saturated heterocycles. The number of carbonyl (C=O) groups is 1. The van der Waals surface area contributed by atoms with E-state index < -0.39 is 5.97 Å². The van der Waals surface area contributed by atoms with Crippen LogP contribution in [0.5, 0.6) is 0 Å². The number of nitrogens with one attached hydrogen (secondary N) is 2. The number of carboxylic acid groups (broad SMARTS) is 1. The van der Waals surface area contributed by atoms with Gasteiger partial charge in [-0.05, 0) is 61.1 Å². The number of aromatic carboxylic acids is 1. The zero-order valence-electron chi connectivity index (χ0n) is 16.5. The van der Waals surface area contributed by atoms with E-state index in [9.17, 15) is 14.7 Å². The molecule has 0 amide bonds. The van der Waals surface area contributed by atoms with Gasteiger partial charge in [-0.15, -0.1) is 0 Å². The van der Waals surface area contributed by atoms with E-state index in [1.807, 2.05) is 16.8 Å². The molecule has 3 N–H and O–H groups in total. The molecule has 4 saturated carbocycles. The van der Waals surface area contributed by atoms with Crippen LogP contribution in [0.1, 0.15) is 54.7 Å². The molecule has 4 aromatic heterocycles. The maximum absolute atomic E-state index is 13.1. The fourth-order valence-corrected chi connectivity index (χ4v) is 7.11. The molecule has 4 fully saturated rings. The minimum atomic E-state index is -1.17. The van der Waals surface area contributed by atoms with E-state index in [0.717, 1.165) is 54.2 Å². The number of imidazole rings is 1. The van der Waals surface area contributed by atoms with E-state index in [-0.39, 0.29) is 23.0 Å². The molecule has 0 radical (unpaired) electrons. The summed E-state index contributed by atoms with van der Waals surface area (Å²) in [7, 11) is 0. The van der Waals surface area contributed by atoms with Gasteiger partial charge >= 0.3 is 11.7 Å². The molecule has 0 spiro atoms. The molecule has 158 valence electrons. The van der Waals surface area contributed by atoms with Crippen molar-refractivity contribution in [2.75, 3.05) is 0 Å². The average molecular weight is 420 g/mol. The summed E-state index contributed by atoms with van der Waals surface area (Å²) in [6.07, 6.45) is 8.28. The molecule has 4 aliphatic carbocycles. The van der Waals surface area contributed by atoms with Gasteiger partial charge in [-0.2, -0.15) is 4.98 Å². The average Bonchev–Trinajstić information content (AvgIpc) is 3.45. The first-order valence-corrected chi connectivity index (χ1v) is 10.7. The maximum Gasteiger partial charge on any atom is 0.377 e. The van der Waals surface area contributed by atoms with Crippen molar-refractivity contribution >= 4 is 28.0 Å². The van der Waals surface area contributed by atoms with Crippen molar-refractivity contribution in [3.8, 4) is 0 Å². The van der Waals surface area contributed by atoms with Crippen LogP contribution in [0.15, 0.2) is 27.8 Å². The minimum Gasteiger partial charge on any atom is -0.475 e.